The maximum Gasteiger partial charge on any atom is 0.261 e. The van der Waals surface area contributed by atoms with Crippen molar-refractivity contribution in [1.82, 2.24) is 4.31 Å². The Kier molecular flexibility index (Phi) is 5.95. The normalized spacial score (nSPS) is 16.2. The van der Waals surface area contributed by atoms with E-state index < -0.39 is 20.0 Å². The zero-order valence-corrected chi connectivity index (χ0v) is 18.1. The summed E-state index contributed by atoms with van der Waals surface area (Å²) in [4.78, 5) is 0.233. The lowest BCUT2D eigenvalue weighted by atomic mass is 10.2. The number of halogens is 1. The van der Waals surface area contributed by atoms with Crippen LogP contribution in [0.2, 0.25) is 0 Å². The molecule has 0 amide bonds. The predicted molar refractivity (Wildman–Crippen MR) is 109 cm³/mol. The van der Waals surface area contributed by atoms with Crippen molar-refractivity contribution in [1.29, 1.82) is 0 Å². The maximum absolute atomic E-state index is 13.0. The van der Waals surface area contributed by atoms with Gasteiger partial charge in [-0.2, -0.15) is 4.31 Å². The van der Waals surface area contributed by atoms with Crippen LogP contribution >= 0.6 is 15.9 Å². The number of benzene rings is 2. The largest absolute Gasteiger partial charge is 0.280 e. The molecule has 9 heteroatoms. The fourth-order valence-electron chi connectivity index (χ4n) is 3.03. The lowest BCUT2D eigenvalue weighted by Crippen LogP contribution is -2.36. The van der Waals surface area contributed by atoms with Crippen LogP contribution in [0, 0.1) is 6.92 Å². The molecule has 0 spiro atoms. The molecule has 0 radical (unpaired) electrons. The Bertz CT molecular complexity index is 1050. The van der Waals surface area contributed by atoms with Crippen LogP contribution in [0.25, 0.3) is 0 Å². The second-order valence-corrected chi connectivity index (χ2v) is 11.0. The van der Waals surface area contributed by atoms with Crippen LogP contribution in [0.4, 0.5) is 5.69 Å². The van der Waals surface area contributed by atoms with Crippen LogP contribution in [0.3, 0.4) is 0 Å². The van der Waals surface area contributed by atoms with Crippen molar-refractivity contribution >= 4 is 41.7 Å². The number of nitrogens with one attached hydrogen (secondary N) is 1. The first kappa shape index (κ1) is 20.3. The zero-order valence-electron chi connectivity index (χ0n) is 14.9. The van der Waals surface area contributed by atoms with E-state index in [4.69, 9.17) is 0 Å². The number of nitrogens with zero attached hydrogens (tertiary/aromatic N) is 1. The van der Waals surface area contributed by atoms with Crippen LogP contribution in [0.5, 0.6) is 0 Å². The van der Waals surface area contributed by atoms with Gasteiger partial charge in [0.15, 0.2) is 0 Å². The Morgan fingerprint density at radius 3 is 2.33 bits per heavy atom. The number of sulfonamides is 2. The number of hydrogen-bond donors (Lipinski definition) is 1. The Morgan fingerprint density at radius 1 is 0.963 bits per heavy atom. The molecule has 1 aliphatic rings. The van der Waals surface area contributed by atoms with Gasteiger partial charge in [0.2, 0.25) is 10.0 Å². The predicted octanol–water partition coefficient (Wildman–Crippen LogP) is 3.73. The van der Waals surface area contributed by atoms with E-state index in [1.807, 2.05) is 0 Å². The van der Waals surface area contributed by atoms with Gasteiger partial charge in [-0.05, 0) is 55.7 Å². The van der Waals surface area contributed by atoms with Crippen LogP contribution in [-0.4, -0.2) is 34.2 Å². The number of rotatable bonds is 5. The molecular formula is C18H21BrN2O4S2. The molecule has 0 atom stereocenters. The number of aryl methyl sites for hydroxylation is 1. The van der Waals surface area contributed by atoms with Crippen molar-refractivity contribution in [3.63, 3.8) is 0 Å². The third kappa shape index (κ3) is 4.53. The van der Waals surface area contributed by atoms with E-state index in [2.05, 4.69) is 20.7 Å². The summed E-state index contributed by atoms with van der Waals surface area (Å²) >= 11 is 3.25. The summed E-state index contributed by atoms with van der Waals surface area (Å²) in [6.07, 6.45) is 2.71. The second-order valence-electron chi connectivity index (χ2n) is 6.51. The second kappa shape index (κ2) is 7.90. The third-order valence-electron chi connectivity index (χ3n) is 4.48. The molecule has 27 heavy (non-hydrogen) atoms. The van der Waals surface area contributed by atoms with Crippen LogP contribution < -0.4 is 4.72 Å². The van der Waals surface area contributed by atoms with Crippen molar-refractivity contribution in [2.45, 2.75) is 36.0 Å². The third-order valence-corrected chi connectivity index (χ3v) is 8.39. The monoisotopic (exact) mass is 472 g/mol. The van der Waals surface area contributed by atoms with E-state index in [-0.39, 0.29) is 15.5 Å². The summed E-state index contributed by atoms with van der Waals surface area (Å²) < 4.78 is 55.8. The van der Waals surface area contributed by atoms with Crippen LogP contribution in [0.15, 0.2) is 56.7 Å². The fraction of sp³-hybridized carbons (Fsp3) is 0.333. The summed E-state index contributed by atoms with van der Waals surface area (Å²) in [6, 6.07) is 10.9. The van der Waals surface area contributed by atoms with Crippen molar-refractivity contribution in [2.24, 2.45) is 0 Å². The number of anilines is 1. The molecule has 0 aliphatic carbocycles. The SMILES string of the molecule is Cc1ccc(NS(=O)(=O)c2cccc(Br)c2)cc1S(=O)(=O)N1CCCCC1. The fourth-order valence-corrected chi connectivity index (χ4v) is 6.45. The summed E-state index contributed by atoms with van der Waals surface area (Å²) in [5.41, 5.74) is 0.808. The molecule has 3 rings (SSSR count). The highest BCUT2D eigenvalue weighted by molar-refractivity contribution is 9.10. The minimum absolute atomic E-state index is 0.0953. The molecule has 2 aromatic carbocycles. The summed E-state index contributed by atoms with van der Waals surface area (Å²) in [6.45, 7) is 2.70. The van der Waals surface area contributed by atoms with Crippen molar-refractivity contribution in [3.8, 4) is 0 Å². The van der Waals surface area contributed by atoms with E-state index >= 15 is 0 Å². The zero-order chi connectivity index (χ0) is 19.7. The minimum Gasteiger partial charge on any atom is -0.280 e. The van der Waals surface area contributed by atoms with Crippen LogP contribution in [0.1, 0.15) is 24.8 Å². The average Bonchev–Trinajstić information content (AvgIpc) is 2.64. The minimum atomic E-state index is -3.82. The molecule has 1 fully saturated rings. The number of piperidine rings is 1. The lowest BCUT2D eigenvalue weighted by molar-refractivity contribution is 0.346. The molecule has 146 valence electrons. The molecular weight excluding hydrogens is 452 g/mol. The molecule has 1 aliphatic heterocycles. The molecule has 1 heterocycles. The Labute approximate surface area is 168 Å². The molecule has 0 bridgehead atoms. The molecule has 0 unspecified atom stereocenters. The first-order valence-corrected chi connectivity index (χ1v) is 12.3. The summed E-state index contributed by atoms with van der Waals surface area (Å²) in [7, 11) is -7.48. The molecule has 6 nitrogen and oxygen atoms in total. The van der Waals surface area contributed by atoms with Crippen molar-refractivity contribution in [3.05, 3.63) is 52.5 Å². The molecule has 1 saturated heterocycles. The number of hydrogen-bond acceptors (Lipinski definition) is 4. The van der Waals surface area contributed by atoms with E-state index in [1.165, 1.54) is 22.5 Å². The van der Waals surface area contributed by atoms with Crippen LogP contribution in [-0.2, 0) is 20.0 Å². The highest BCUT2D eigenvalue weighted by Gasteiger charge is 2.28. The van der Waals surface area contributed by atoms with Gasteiger partial charge in [-0.1, -0.05) is 34.5 Å². The molecule has 0 aromatic heterocycles. The van der Waals surface area contributed by atoms with Gasteiger partial charge < -0.3 is 0 Å². The lowest BCUT2D eigenvalue weighted by Gasteiger charge is -2.26. The van der Waals surface area contributed by atoms with E-state index in [1.54, 1.807) is 31.2 Å². The average molecular weight is 473 g/mol. The molecule has 0 saturated carbocycles. The molecule has 2 aromatic rings. The van der Waals surface area contributed by atoms with Gasteiger partial charge in [0.25, 0.3) is 10.0 Å². The van der Waals surface area contributed by atoms with Gasteiger partial charge in [0.1, 0.15) is 0 Å². The Balaban J connectivity index is 1.94. The quantitative estimate of drug-likeness (QED) is 0.718. The van der Waals surface area contributed by atoms with E-state index in [9.17, 15) is 16.8 Å². The Morgan fingerprint density at radius 2 is 1.67 bits per heavy atom. The highest BCUT2D eigenvalue weighted by atomic mass is 79.9. The van der Waals surface area contributed by atoms with Gasteiger partial charge in [-0.3, -0.25) is 4.72 Å². The molecule has 1 N–H and O–H groups in total. The summed E-state index contributed by atoms with van der Waals surface area (Å²) in [5.74, 6) is 0. The van der Waals surface area contributed by atoms with E-state index in [0.29, 0.717) is 23.1 Å². The highest BCUT2D eigenvalue weighted by Crippen LogP contribution is 2.27. The van der Waals surface area contributed by atoms with Crippen molar-refractivity contribution < 1.29 is 16.8 Å². The maximum atomic E-state index is 13.0. The smallest absolute Gasteiger partial charge is 0.261 e. The standard InChI is InChI=1S/C18H21BrN2O4S2/c1-14-8-9-16(20-26(22,23)17-7-5-6-15(19)12-17)13-18(14)27(24,25)21-10-3-2-4-11-21/h5-9,12-13,20H,2-4,10-11H2,1H3. The summed E-state index contributed by atoms with van der Waals surface area (Å²) in [5, 5.41) is 0. The van der Waals surface area contributed by atoms with Gasteiger partial charge in [0, 0.05) is 17.6 Å². The van der Waals surface area contributed by atoms with Gasteiger partial charge >= 0.3 is 0 Å². The van der Waals surface area contributed by atoms with E-state index in [0.717, 1.165) is 19.3 Å². The topological polar surface area (TPSA) is 83.5 Å². The van der Waals surface area contributed by atoms with Gasteiger partial charge in [-0.25, -0.2) is 16.8 Å². The first-order chi connectivity index (χ1) is 12.7. The van der Waals surface area contributed by atoms with Gasteiger partial charge in [0.05, 0.1) is 15.5 Å². The Hall–Kier alpha value is -1.42. The van der Waals surface area contributed by atoms with Crippen molar-refractivity contribution in [2.75, 3.05) is 17.8 Å². The first-order valence-electron chi connectivity index (χ1n) is 8.59. The van der Waals surface area contributed by atoms with Gasteiger partial charge in [-0.15, -0.1) is 0 Å².